The highest BCUT2D eigenvalue weighted by molar-refractivity contribution is 5.96. The molecule has 2 aromatic heterocycles. The lowest BCUT2D eigenvalue weighted by Crippen LogP contribution is -2.58. The maximum Gasteiger partial charge on any atom is 0.326 e. The number of benzene rings is 1. The summed E-state index contributed by atoms with van der Waals surface area (Å²) in [6.45, 7) is 0.340. The number of carboxylic acid groups (broad SMARTS) is 2. The van der Waals surface area contributed by atoms with Gasteiger partial charge in [0.15, 0.2) is 0 Å². The highest BCUT2D eigenvalue weighted by atomic mass is 16.4. The molecule has 1 aromatic carbocycles. The first-order valence-corrected chi connectivity index (χ1v) is 13.4. The number of carbonyl (C=O) groups excluding carboxylic acids is 3. The van der Waals surface area contributed by atoms with Crippen molar-refractivity contribution >= 4 is 40.6 Å². The molecule has 4 atom stereocenters. The molecule has 0 radical (unpaired) electrons. The van der Waals surface area contributed by atoms with E-state index in [0.29, 0.717) is 30.6 Å². The van der Waals surface area contributed by atoms with Gasteiger partial charge in [-0.1, -0.05) is 18.2 Å². The van der Waals surface area contributed by atoms with Gasteiger partial charge in [0.2, 0.25) is 17.7 Å². The topological polar surface area (TPSA) is 258 Å². The first-order valence-electron chi connectivity index (χ1n) is 13.4. The van der Waals surface area contributed by atoms with Gasteiger partial charge in [-0.05, 0) is 37.4 Å². The Morgan fingerprint density at radius 2 is 1.57 bits per heavy atom. The maximum absolute atomic E-state index is 13.5. The Bertz CT molecular complexity index is 1370. The van der Waals surface area contributed by atoms with Gasteiger partial charge in [0, 0.05) is 41.8 Å². The first kappa shape index (κ1) is 31.8. The summed E-state index contributed by atoms with van der Waals surface area (Å²) in [5, 5.41) is 27.0. The van der Waals surface area contributed by atoms with Crippen molar-refractivity contribution in [3.8, 4) is 0 Å². The lowest BCUT2D eigenvalue weighted by molar-refractivity contribution is -0.143. The number of hydrogen-bond donors (Lipinski definition) is 9. The van der Waals surface area contributed by atoms with E-state index in [-0.39, 0.29) is 19.3 Å². The lowest BCUT2D eigenvalue weighted by atomic mass is 10.0. The van der Waals surface area contributed by atoms with Crippen LogP contribution in [0.4, 0.5) is 0 Å². The molecule has 0 spiro atoms. The van der Waals surface area contributed by atoms with Crippen LogP contribution in [0.25, 0.3) is 10.9 Å². The normalized spacial score (nSPS) is 14.0. The summed E-state index contributed by atoms with van der Waals surface area (Å²) < 4.78 is 0. The van der Waals surface area contributed by atoms with Crippen LogP contribution in [0.3, 0.4) is 0 Å². The summed E-state index contributed by atoms with van der Waals surface area (Å²) >= 11 is 0. The van der Waals surface area contributed by atoms with Crippen molar-refractivity contribution in [1.29, 1.82) is 0 Å². The Kier molecular flexibility index (Phi) is 11.6. The van der Waals surface area contributed by atoms with Gasteiger partial charge in [-0.15, -0.1) is 0 Å². The third kappa shape index (κ3) is 9.14. The maximum atomic E-state index is 13.5. The van der Waals surface area contributed by atoms with Crippen LogP contribution < -0.4 is 27.4 Å². The molecule has 3 amide bonds. The number of fused-ring (bicyclic) bond motifs is 1. The molecule has 15 heteroatoms. The van der Waals surface area contributed by atoms with Gasteiger partial charge in [-0.2, -0.15) is 0 Å². The minimum absolute atomic E-state index is 0.0172. The summed E-state index contributed by atoms with van der Waals surface area (Å²) in [6, 6.07) is 2.09. The van der Waals surface area contributed by atoms with E-state index in [4.69, 9.17) is 11.5 Å². The molecule has 3 aromatic rings. The zero-order valence-electron chi connectivity index (χ0n) is 22.8. The number of aliphatic carboxylic acids is 2. The van der Waals surface area contributed by atoms with Crippen molar-refractivity contribution in [1.82, 2.24) is 30.9 Å². The van der Waals surface area contributed by atoms with Crippen LogP contribution in [0, 0.1) is 0 Å². The number of carbonyl (C=O) groups is 5. The third-order valence-corrected chi connectivity index (χ3v) is 6.64. The number of H-pyrrole nitrogens is 2. The predicted octanol–water partition coefficient (Wildman–Crippen LogP) is -0.854. The zero-order valence-corrected chi connectivity index (χ0v) is 22.8. The Hall–Kier alpha value is -4.76. The van der Waals surface area contributed by atoms with Crippen LogP contribution in [0.5, 0.6) is 0 Å². The van der Waals surface area contributed by atoms with E-state index in [1.165, 1.54) is 12.5 Å². The lowest BCUT2D eigenvalue weighted by Gasteiger charge is -2.24. The number of amides is 3. The van der Waals surface area contributed by atoms with E-state index in [1.807, 2.05) is 24.3 Å². The summed E-state index contributed by atoms with van der Waals surface area (Å²) in [4.78, 5) is 72.6. The number of para-hydroxylation sites is 1. The quantitative estimate of drug-likeness (QED) is 0.0887. The molecule has 4 unspecified atom stereocenters. The smallest absolute Gasteiger partial charge is 0.326 e. The molecule has 0 saturated carbocycles. The average Bonchev–Trinajstić information content (AvgIpc) is 3.61. The van der Waals surface area contributed by atoms with E-state index in [2.05, 4.69) is 30.9 Å². The highest BCUT2D eigenvalue weighted by Crippen LogP contribution is 2.19. The number of imidazole rings is 1. The number of unbranched alkanes of at least 4 members (excludes halogenated alkanes) is 1. The second-order valence-electron chi connectivity index (χ2n) is 9.86. The number of aromatic amines is 2. The van der Waals surface area contributed by atoms with Crippen molar-refractivity contribution in [3.63, 3.8) is 0 Å². The number of hydrogen-bond acceptors (Lipinski definition) is 8. The Labute approximate surface area is 240 Å². The number of rotatable bonds is 17. The number of carboxylic acids is 2. The number of nitrogens with one attached hydrogen (secondary N) is 5. The number of aromatic nitrogens is 3. The average molecular weight is 585 g/mol. The van der Waals surface area contributed by atoms with Crippen LogP contribution in [0.1, 0.15) is 36.9 Å². The van der Waals surface area contributed by atoms with Gasteiger partial charge in [0.05, 0.1) is 18.8 Å². The fourth-order valence-corrected chi connectivity index (χ4v) is 4.41. The Balaban J connectivity index is 1.80. The third-order valence-electron chi connectivity index (χ3n) is 6.64. The molecule has 0 aliphatic heterocycles. The second kappa shape index (κ2) is 15.3. The van der Waals surface area contributed by atoms with Crippen molar-refractivity contribution in [2.24, 2.45) is 11.5 Å². The van der Waals surface area contributed by atoms with E-state index in [9.17, 15) is 34.2 Å². The van der Waals surface area contributed by atoms with Crippen LogP contribution in [-0.4, -0.2) is 85.5 Å². The standard InChI is InChI=1S/C27H36N8O7/c28-8-4-3-7-20(27(41)42)33-26(40)22(11-23(36)37)35-25(39)21(9-15-12-31-19-6-2-1-5-17(15)19)34-24(38)18(29)10-16-13-30-14-32-16/h1-2,5-6,12-14,18,20-22,31H,3-4,7-11,28-29H2,(H,30,32)(H,33,40)(H,34,38)(H,35,39)(H,36,37)(H,41,42). The van der Waals surface area contributed by atoms with Gasteiger partial charge in [-0.25, -0.2) is 9.78 Å². The van der Waals surface area contributed by atoms with E-state index < -0.39 is 60.2 Å². The van der Waals surface area contributed by atoms with Crippen LogP contribution in [-0.2, 0) is 36.8 Å². The zero-order chi connectivity index (χ0) is 30.6. The summed E-state index contributed by atoms with van der Waals surface area (Å²) in [5.74, 6) is -5.20. The first-order chi connectivity index (χ1) is 20.1. The molecule has 42 heavy (non-hydrogen) atoms. The Morgan fingerprint density at radius 1 is 0.881 bits per heavy atom. The highest BCUT2D eigenvalue weighted by Gasteiger charge is 2.32. The van der Waals surface area contributed by atoms with Crippen LogP contribution >= 0.6 is 0 Å². The number of nitrogens with zero attached hydrogens (tertiary/aromatic N) is 1. The molecule has 0 bridgehead atoms. The molecule has 2 heterocycles. The molecule has 0 fully saturated rings. The molecule has 0 aliphatic carbocycles. The molecule has 0 aliphatic rings. The molecule has 0 saturated heterocycles. The number of nitrogens with two attached hydrogens (primary N) is 2. The van der Waals surface area contributed by atoms with E-state index >= 15 is 0 Å². The summed E-state index contributed by atoms with van der Waals surface area (Å²) in [7, 11) is 0. The minimum atomic E-state index is -1.62. The molecular weight excluding hydrogens is 548 g/mol. The minimum Gasteiger partial charge on any atom is -0.481 e. The van der Waals surface area contributed by atoms with Gasteiger partial charge >= 0.3 is 11.9 Å². The van der Waals surface area contributed by atoms with Crippen molar-refractivity contribution in [3.05, 3.63) is 54.2 Å². The van der Waals surface area contributed by atoms with Crippen molar-refractivity contribution in [2.45, 2.75) is 62.7 Å². The SMILES string of the molecule is NCCCCC(NC(=O)C(CC(=O)O)NC(=O)C(Cc1c[nH]c2ccccc12)NC(=O)C(N)Cc1cnc[nH]1)C(=O)O. The van der Waals surface area contributed by atoms with Gasteiger partial charge < -0.3 is 47.6 Å². The second-order valence-corrected chi connectivity index (χ2v) is 9.86. The molecule has 11 N–H and O–H groups in total. The largest absolute Gasteiger partial charge is 0.481 e. The fourth-order valence-electron chi connectivity index (χ4n) is 4.41. The summed E-state index contributed by atoms with van der Waals surface area (Å²) in [6.07, 6.45) is 4.93. The molecular formula is C27H36N8O7. The van der Waals surface area contributed by atoms with Gasteiger partial charge in [0.1, 0.15) is 18.1 Å². The Morgan fingerprint density at radius 3 is 2.24 bits per heavy atom. The van der Waals surface area contributed by atoms with Crippen LogP contribution in [0.15, 0.2) is 43.0 Å². The van der Waals surface area contributed by atoms with Crippen molar-refractivity contribution < 1.29 is 34.2 Å². The molecule has 15 nitrogen and oxygen atoms in total. The molecule has 3 rings (SSSR count). The van der Waals surface area contributed by atoms with Gasteiger partial charge in [-0.3, -0.25) is 19.2 Å². The van der Waals surface area contributed by atoms with Gasteiger partial charge in [0.25, 0.3) is 0 Å². The van der Waals surface area contributed by atoms with Crippen LogP contribution in [0.2, 0.25) is 0 Å². The van der Waals surface area contributed by atoms with E-state index in [0.717, 1.165) is 10.9 Å². The van der Waals surface area contributed by atoms with Crippen molar-refractivity contribution in [2.75, 3.05) is 6.54 Å². The molecule has 226 valence electrons. The fraction of sp³-hybridized carbons (Fsp3) is 0.407. The monoisotopic (exact) mass is 584 g/mol. The predicted molar refractivity (Wildman–Crippen MR) is 151 cm³/mol. The van der Waals surface area contributed by atoms with E-state index in [1.54, 1.807) is 6.20 Å². The summed E-state index contributed by atoms with van der Waals surface area (Å²) in [5.41, 5.74) is 13.6.